The molecule has 0 radical (unpaired) electrons. The van der Waals surface area contributed by atoms with Crippen LogP contribution in [0.2, 0.25) is 15.3 Å². The van der Waals surface area contributed by atoms with E-state index in [0.717, 1.165) is 5.56 Å². The van der Waals surface area contributed by atoms with Gasteiger partial charge < -0.3 is 4.90 Å². The summed E-state index contributed by atoms with van der Waals surface area (Å²) in [6, 6.07) is 10.3. The third kappa shape index (κ3) is 3.63. The fourth-order valence-electron chi connectivity index (χ4n) is 1.76. The highest BCUT2D eigenvalue weighted by Gasteiger charge is 2.15. The molecular weight excluding hydrogens is 319 g/mol. The molecule has 2 rings (SSSR count). The standard InChI is InChI=1S/C14H11Cl3N2O/c1-19(8-9-4-2-3-5-11(9)15)14(20)10-6-12(16)18-13(17)7-10/h2-7H,8H2,1H3. The molecule has 1 heterocycles. The molecule has 0 aliphatic rings. The summed E-state index contributed by atoms with van der Waals surface area (Å²) in [6.07, 6.45) is 0. The van der Waals surface area contributed by atoms with Crippen molar-refractivity contribution in [1.29, 1.82) is 0 Å². The van der Waals surface area contributed by atoms with Crippen LogP contribution in [0.25, 0.3) is 0 Å². The van der Waals surface area contributed by atoms with Gasteiger partial charge in [0, 0.05) is 24.2 Å². The van der Waals surface area contributed by atoms with Crippen LogP contribution in [0, 0.1) is 0 Å². The van der Waals surface area contributed by atoms with Crippen molar-refractivity contribution in [1.82, 2.24) is 9.88 Å². The summed E-state index contributed by atoms with van der Waals surface area (Å²) < 4.78 is 0. The first-order chi connectivity index (χ1) is 9.47. The van der Waals surface area contributed by atoms with Gasteiger partial charge in [-0.2, -0.15) is 0 Å². The third-order valence-corrected chi connectivity index (χ3v) is 3.48. The summed E-state index contributed by atoms with van der Waals surface area (Å²) in [5.41, 5.74) is 1.26. The molecule has 0 bridgehead atoms. The minimum atomic E-state index is -0.198. The Labute approximate surface area is 132 Å². The van der Waals surface area contributed by atoms with Crippen LogP contribution in [0.3, 0.4) is 0 Å². The Kier molecular flexibility index (Phi) is 4.86. The molecule has 6 heteroatoms. The minimum absolute atomic E-state index is 0.187. The van der Waals surface area contributed by atoms with E-state index in [2.05, 4.69) is 4.98 Å². The van der Waals surface area contributed by atoms with Gasteiger partial charge in [0.1, 0.15) is 10.3 Å². The lowest BCUT2D eigenvalue weighted by molar-refractivity contribution is 0.0785. The number of carbonyl (C=O) groups is 1. The largest absolute Gasteiger partial charge is 0.337 e. The van der Waals surface area contributed by atoms with Crippen LogP contribution in [0.4, 0.5) is 0 Å². The highest BCUT2D eigenvalue weighted by molar-refractivity contribution is 6.33. The molecule has 0 saturated carbocycles. The quantitative estimate of drug-likeness (QED) is 0.786. The van der Waals surface area contributed by atoms with Gasteiger partial charge in [-0.15, -0.1) is 0 Å². The zero-order valence-corrected chi connectivity index (χ0v) is 12.9. The van der Waals surface area contributed by atoms with Gasteiger partial charge in [-0.25, -0.2) is 4.98 Å². The van der Waals surface area contributed by atoms with Gasteiger partial charge in [-0.1, -0.05) is 53.0 Å². The minimum Gasteiger partial charge on any atom is -0.337 e. The number of rotatable bonds is 3. The van der Waals surface area contributed by atoms with Gasteiger partial charge >= 0.3 is 0 Å². The molecule has 0 spiro atoms. The van der Waals surface area contributed by atoms with E-state index < -0.39 is 0 Å². The molecule has 0 aliphatic carbocycles. The average molecular weight is 330 g/mol. The summed E-state index contributed by atoms with van der Waals surface area (Å²) >= 11 is 17.7. The molecule has 1 aromatic carbocycles. The molecule has 1 aromatic heterocycles. The zero-order valence-electron chi connectivity index (χ0n) is 10.6. The molecule has 2 aromatic rings. The van der Waals surface area contributed by atoms with Crippen LogP contribution in [0.15, 0.2) is 36.4 Å². The zero-order chi connectivity index (χ0) is 14.7. The van der Waals surface area contributed by atoms with Gasteiger partial charge in [0.15, 0.2) is 0 Å². The van der Waals surface area contributed by atoms with E-state index in [9.17, 15) is 4.79 Å². The van der Waals surface area contributed by atoms with E-state index >= 15 is 0 Å². The maximum Gasteiger partial charge on any atom is 0.254 e. The molecule has 104 valence electrons. The van der Waals surface area contributed by atoms with Crippen molar-refractivity contribution in [3.63, 3.8) is 0 Å². The second-order valence-corrected chi connectivity index (χ2v) is 5.44. The number of benzene rings is 1. The Morgan fingerprint density at radius 2 is 1.75 bits per heavy atom. The summed E-state index contributed by atoms with van der Waals surface area (Å²) in [6.45, 7) is 0.399. The first-order valence-corrected chi connectivity index (χ1v) is 6.92. The molecule has 0 unspecified atom stereocenters. The average Bonchev–Trinajstić information content (AvgIpc) is 2.39. The second-order valence-electron chi connectivity index (χ2n) is 4.25. The molecule has 0 saturated heterocycles. The monoisotopic (exact) mass is 328 g/mol. The Bertz CT molecular complexity index is 626. The number of carbonyl (C=O) groups excluding carboxylic acids is 1. The fraction of sp³-hybridized carbons (Fsp3) is 0.143. The lowest BCUT2D eigenvalue weighted by atomic mass is 10.2. The van der Waals surface area contributed by atoms with E-state index in [-0.39, 0.29) is 16.2 Å². The number of halogens is 3. The van der Waals surface area contributed by atoms with Crippen molar-refractivity contribution >= 4 is 40.7 Å². The Balaban J connectivity index is 2.18. The normalized spacial score (nSPS) is 10.4. The Morgan fingerprint density at radius 1 is 1.15 bits per heavy atom. The van der Waals surface area contributed by atoms with Crippen LogP contribution in [0.5, 0.6) is 0 Å². The van der Waals surface area contributed by atoms with E-state index in [1.807, 2.05) is 18.2 Å². The van der Waals surface area contributed by atoms with E-state index in [0.29, 0.717) is 17.1 Å². The summed E-state index contributed by atoms with van der Waals surface area (Å²) in [5.74, 6) is -0.198. The third-order valence-electron chi connectivity index (χ3n) is 2.72. The lowest BCUT2D eigenvalue weighted by Crippen LogP contribution is -2.26. The summed E-state index contributed by atoms with van der Waals surface area (Å²) in [7, 11) is 1.69. The number of aromatic nitrogens is 1. The maximum absolute atomic E-state index is 12.3. The number of hydrogen-bond acceptors (Lipinski definition) is 2. The van der Waals surface area contributed by atoms with Crippen LogP contribution in [-0.4, -0.2) is 22.8 Å². The maximum atomic E-state index is 12.3. The van der Waals surface area contributed by atoms with Crippen molar-refractivity contribution in [3.8, 4) is 0 Å². The number of pyridine rings is 1. The predicted molar refractivity (Wildman–Crippen MR) is 81.5 cm³/mol. The lowest BCUT2D eigenvalue weighted by Gasteiger charge is -2.18. The topological polar surface area (TPSA) is 33.2 Å². The van der Waals surface area contributed by atoms with Crippen LogP contribution >= 0.6 is 34.8 Å². The SMILES string of the molecule is CN(Cc1ccccc1Cl)C(=O)c1cc(Cl)nc(Cl)c1. The van der Waals surface area contributed by atoms with Crippen LogP contribution in [-0.2, 0) is 6.54 Å². The second kappa shape index (κ2) is 6.44. The molecule has 1 amide bonds. The molecular formula is C14H11Cl3N2O. The number of hydrogen-bond donors (Lipinski definition) is 0. The van der Waals surface area contributed by atoms with Crippen molar-refractivity contribution in [3.05, 3.63) is 62.9 Å². The molecule has 0 atom stereocenters. The van der Waals surface area contributed by atoms with Crippen LogP contribution in [0.1, 0.15) is 15.9 Å². The van der Waals surface area contributed by atoms with Gasteiger partial charge in [0.2, 0.25) is 0 Å². The molecule has 0 fully saturated rings. The highest BCUT2D eigenvalue weighted by atomic mass is 35.5. The van der Waals surface area contributed by atoms with Crippen molar-refractivity contribution in [2.75, 3.05) is 7.05 Å². The van der Waals surface area contributed by atoms with Crippen LogP contribution < -0.4 is 0 Å². The summed E-state index contributed by atoms with van der Waals surface area (Å²) in [4.78, 5) is 17.7. The first kappa shape index (κ1) is 15.1. The molecule has 0 aliphatic heterocycles. The fourth-order valence-corrected chi connectivity index (χ4v) is 2.42. The first-order valence-electron chi connectivity index (χ1n) is 5.79. The molecule has 3 nitrogen and oxygen atoms in total. The molecule has 20 heavy (non-hydrogen) atoms. The van der Waals surface area contributed by atoms with E-state index in [4.69, 9.17) is 34.8 Å². The van der Waals surface area contributed by atoms with Gasteiger partial charge in [-0.3, -0.25) is 4.79 Å². The van der Waals surface area contributed by atoms with E-state index in [1.165, 1.54) is 12.1 Å². The van der Waals surface area contributed by atoms with Crippen molar-refractivity contribution in [2.24, 2.45) is 0 Å². The molecule has 0 N–H and O–H groups in total. The van der Waals surface area contributed by atoms with Gasteiger partial charge in [0.05, 0.1) is 0 Å². The van der Waals surface area contributed by atoms with Gasteiger partial charge in [-0.05, 0) is 23.8 Å². The predicted octanol–water partition coefficient (Wildman–Crippen LogP) is 4.31. The number of amides is 1. The van der Waals surface area contributed by atoms with Crippen molar-refractivity contribution in [2.45, 2.75) is 6.54 Å². The smallest absolute Gasteiger partial charge is 0.254 e. The van der Waals surface area contributed by atoms with E-state index in [1.54, 1.807) is 18.0 Å². The van der Waals surface area contributed by atoms with Crippen molar-refractivity contribution < 1.29 is 4.79 Å². The Morgan fingerprint density at radius 3 is 2.35 bits per heavy atom. The Hall–Kier alpha value is -1.29. The number of nitrogens with zero attached hydrogens (tertiary/aromatic N) is 2. The van der Waals surface area contributed by atoms with Gasteiger partial charge in [0.25, 0.3) is 5.91 Å². The summed E-state index contributed by atoms with van der Waals surface area (Å²) in [5, 5.41) is 0.997. The highest BCUT2D eigenvalue weighted by Crippen LogP contribution is 2.19.